The van der Waals surface area contributed by atoms with E-state index in [1.165, 1.54) is 12.1 Å². The average Bonchev–Trinajstić information content (AvgIpc) is 2.81. The van der Waals surface area contributed by atoms with Crippen molar-refractivity contribution in [3.63, 3.8) is 0 Å². The molecule has 0 unspecified atom stereocenters. The minimum absolute atomic E-state index is 0.00573. The van der Waals surface area contributed by atoms with Crippen LogP contribution in [0.15, 0.2) is 28.4 Å². The minimum Gasteiger partial charge on any atom is -0.374 e. The Bertz CT molecular complexity index is 713. The molecule has 0 saturated carbocycles. The summed E-state index contributed by atoms with van der Waals surface area (Å²) < 4.78 is 0. The average molecular weight is 276 g/mol. The third-order valence-corrected chi connectivity index (χ3v) is 3.10. The Morgan fingerprint density at radius 3 is 2.89 bits per heavy atom. The highest BCUT2D eigenvalue weighted by Crippen LogP contribution is 2.28. The summed E-state index contributed by atoms with van der Waals surface area (Å²) in [6, 6.07) is 6.24. The van der Waals surface area contributed by atoms with Crippen molar-refractivity contribution in [2.75, 3.05) is 5.32 Å². The molecule has 2 rings (SSSR count). The number of H-pyrrole nitrogens is 1. The largest absolute Gasteiger partial charge is 0.374 e. The zero-order valence-electron chi connectivity index (χ0n) is 9.54. The topological polar surface area (TPSA) is 112 Å². The van der Waals surface area contributed by atoms with E-state index in [2.05, 4.69) is 10.3 Å². The second kappa shape index (κ2) is 5.32. The molecule has 0 aliphatic rings. The van der Waals surface area contributed by atoms with Crippen LogP contribution in [0.25, 0.3) is 0 Å². The normalized spacial score (nSPS) is 9.84. The Morgan fingerprint density at radius 2 is 2.32 bits per heavy atom. The number of hydrogen-bond acceptors (Lipinski definition) is 6. The van der Waals surface area contributed by atoms with Crippen LogP contribution in [-0.2, 0) is 6.54 Å². The summed E-state index contributed by atoms with van der Waals surface area (Å²) in [5, 5.41) is 24.3. The maximum atomic E-state index is 11.0. The lowest BCUT2D eigenvalue weighted by atomic mass is 10.1. The van der Waals surface area contributed by atoms with Gasteiger partial charge in [0.2, 0.25) is 0 Å². The number of thiazole rings is 1. The van der Waals surface area contributed by atoms with Crippen molar-refractivity contribution in [1.29, 1.82) is 5.26 Å². The van der Waals surface area contributed by atoms with Crippen LogP contribution in [0.3, 0.4) is 0 Å². The number of aromatic nitrogens is 1. The number of para-hydroxylation sites is 1. The number of nitrogens with zero attached hydrogens (tertiary/aromatic N) is 2. The molecule has 19 heavy (non-hydrogen) atoms. The fourth-order valence-corrected chi connectivity index (χ4v) is 2.15. The Balaban J connectivity index is 2.27. The Hall–Kier alpha value is -2.66. The lowest BCUT2D eigenvalue weighted by Crippen LogP contribution is -2.05. The molecule has 0 fully saturated rings. The molecule has 2 aromatic rings. The van der Waals surface area contributed by atoms with Gasteiger partial charge in [-0.1, -0.05) is 17.4 Å². The number of anilines is 1. The van der Waals surface area contributed by atoms with Crippen molar-refractivity contribution >= 4 is 22.7 Å². The molecular formula is C11H8N4O3S. The number of rotatable bonds is 4. The predicted molar refractivity (Wildman–Crippen MR) is 70.1 cm³/mol. The third-order valence-electron chi connectivity index (χ3n) is 2.38. The zero-order valence-corrected chi connectivity index (χ0v) is 10.4. The fraction of sp³-hybridized carbons (Fsp3) is 0.0909. The second-order valence-corrected chi connectivity index (χ2v) is 4.44. The molecule has 96 valence electrons. The van der Waals surface area contributed by atoms with Gasteiger partial charge in [0.15, 0.2) is 0 Å². The molecule has 2 N–H and O–H groups in total. The van der Waals surface area contributed by atoms with Gasteiger partial charge in [-0.05, 0) is 12.1 Å². The van der Waals surface area contributed by atoms with Gasteiger partial charge < -0.3 is 10.3 Å². The van der Waals surface area contributed by atoms with Gasteiger partial charge >= 0.3 is 10.6 Å². The van der Waals surface area contributed by atoms with Crippen LogP contribution < -0.4 is 10.2 Å². The molecule has 0 amide bonds. The minimum atomic E-state index is -0.600. The van der Waals surface area contributed by atoms with E-state index < -0.39 is 4.92 Å². The first-order valence-electron chi connectivity index (χ1n) is 5.20. The smallest absolute Gasteiger partial charge is 0.309 e. The van der Waals surface area contributed by atoms with Gasteiger partial charge in [-0.15, -0.1) is 0 Å². The molecule has 0 aliphatic carbocycles. The highest BCUT2D eigenvalue weighted by molar-refractivity contribution is 7.07. The molecule has 1 aromatic carbocycles. The highest BCUT2D eigenvalue weighted by Gasteiger charge is 2.19. The molecule has 0 aliphatic heterocycles. The highest BCUT2D eigenvalue weighted by atomic mass is 32.1. The zero-order chi connectivity index (χ0) is 13.8. The first kappa shape index (κ1) is 12.8. The molecule has 0 bridgehead atoms. The Labute approximate surface area is 111 Å². The van der Waals surface area contributed by atoms with Crippen LogP contribution in [0, 0.1) is 21.4 Å². The van der Waals surface area contributed by atoms with E-state index in [4.69, 9.17) is 5.26 Å². The van der Waals surface area contributed by atoms with Gasteiger partial charge in [0.05, 0.1) is 11.5 Å². The van der Waals surface area contributed by atoms with Gasteiger partial charge in [-0.2, -0.15) is 5.26 Å². The summed E-state index contributed by atoms with van der Waals surface area (Å²) in [6.07, 6.45) is 0. The summed E-state index contributed by atoms with van der Waals surface area (Å²) in [6.45, 7) is 0.245. The number of nitriles is 1. The van der Waals surface area contributed by atoms with E-state index in [9.17, 15) is 14.9 Å². The monoisotopic (exact) mass is 276 g/mol. The Kier molecular flexibility index (Phi) is 3.58. The van der Waals surface area contributed by atoms with Crippen molar-refractivity contribution < 1.29 is 4.92 Å². The van der Waals surface area contributed by atoms with E-state index in [0.717, 1.165) is 11.3 Å². The van der Waals surface area contributed by atoms with Gasteiger partial charge in [0.1, 0.15) is 17.3 Å². The van der Waals surface area contributed by atoms with Crippen LogP contribution in [0.5, 0.6) is 0 Å². The molecular weight excluding hydrogens is 268 g/mol. The maximum Gasteiger partial charge on any atom is 0.309 e. The molecule has 7 nitrogen and oxygen atoms in total. The summed E-state index contributed by atoms with van der Waals surface area (Å²) in [5.74, 6) is 0. The van der Waals surface area contributed by atoms with Crippen LogP contribution >= 0.6 is 11.3 Å². The van der Waals surface area contributed by atoms with Crippen molar-refractivity contribution in [3.05, 3.63) is 54.6 Å². The van der Waals surface area contributed by atoms with Crippen molar-refractivity contribution in [2.45, 2.75) is 6.54 Å². The van der Waals surface area contributed by atoms with E-state index in [0.29, 0.717) is 5.69 Å². The van der Waals surface area contributed by atoms with Crippen LogP contribution in [0.2, 0.25) is 0 Å². The van der Waals surface area contributed by atoms with Crippen molar-refractivity contribution in [1.82, 2.24) is 4.98 Å². The summed E-state index contributed by atoms with van der Waals surface area (Å²) in [4.78, 5) is 23.7. The van der Waals surface area contributed by atoms with Crippen molar-refractivity contribution in [2.24, 2.45) is 0 Å². The summed E-state index contributed by atoms with van der Waals surface area (Å²) in [7, 11) is 0. The Morgan fingerprint density at radius 1 is 1.53 bits per heavy atom. The number of hydrogen-bond donors (Lipinski definition) is 2. The quantitative estimate of drug-likeness (QED) is 0.653. The number of aromatic amines is 1. The van der Waals surface area contributed by atoms with Gasteiger partial charge in [0.25, 0.3) is 0 Å². The first-order chi connectivity index (χ1) is 9.11. The van der Waals surface area contributed by atoms with Gasteiger partial charge in [-0.25, -0.2) is 0 Å². The van der Waals surface area contributed by atoms with Gasteiger partial charge in [-0.3, -0.25) is 14.9 Å². The van der Waals surface area contributed by atoms with E-state index >= 15 is 0 Å². The fourth-order valence-electron chi connectivity index (χ4n) is 1.56. The van der Waals surface area contributed by atoms with Crippen LogP contribution in [0.4, 0.5) is 11.4 Å². The lowest BCUT2D eigenvalue weighted by Gasteiger charge is -2.06. The van der Waals surface area contributed by atoms with Gasteiger partial charge in [0, 0.05) is 11.1 Å². The molecule has 1 aromatic heterocycles. The molecule has 0 spiro atoms. The second-order valence-electron chi connectivity index (χ2n) is 3.60. The van der Waals surface area contributed by atoms with E-state index in [1.54, 1.807) is 17.5 Å². The first-order valence-corrected chi connectivity index (χ1v) is 6.08. The predicted octanol–water partition coefficient (Wildman–Crippen LogP) is 1.83. The van der Waals surface area contributed by atoms with Crippen molar-refractivity contribution in [3.8, 4) is 6.07 Å². The number of benzene rings is 1. The number of nitro groups is 1. The van der Waals surface area contributed by atoms with Crippen LogP contribution in [-0.4, -0.2) is 9.91 Å². The molecule has 8 heteroatoms. The standard InChI is InChI=1S/C11H8N4O3S/c12-4-7-2-1-3-9(10(7)15(17)18)13-5-8-6-19-11(16)14-8/h1-3,6,13H,5H2,(H,14,16). The maximum absolute atomic E-state index is 11.0. The molecule has 0 radical (unpaired) electrons. The molecule has 1 heterocycles. The summed E-state index contributed by atoms with van der Waals surface area (Å²) >= 11 is 1.02. The summed E-state index contributed by atoms with van der Waals surface area (Å²) in [5.41, 5.74) is 0.610. The molecule has 0 saturated heterocycles. The lowest BCUT2D eigenvalue weighted by molar-refractivity contribution is -0.384. The number of nitrogens with one attached hydrogen (secondary N) is 2. The molecule has 0 atom stereocenters. The SMILES string of the molecule is N#Cc1cccc(NCc2csc(=O)[nH]2)c1[N+](=O)[O-]. The van der Waals surface area contributed by atoms with E-state index in [-0.39, 0.29) is 28.4 Å². The van der Waals surface area contributed by atoms with Crippen LogP contribution in [0.1, 0.15) is 11.3 Å². The number of nitro benzene ring substituents is 1. The third kappa shape index (κ3) is 2.78. The van der Waals surface area contributed by atoms with E-state index in [1.807, 2.05) is 0 Å².